The summed E-state index contributed by atoms with van der Waals surface area (Å²) >= 11 is 0. The lowest BCUT2D eigenvalue weighted by Gasteiger charge is -2.31. The monoisotopic (exact) mass is 460 g/mol. The summed E-state index contributed by atoms with van der Waals surface area (Å²) in [5, 5.41) is 2.85. The van der Waals surface area contributed by atoms with Crippen LogP contribution in [0.2, 0.25) is 0 Å². The molecule has 0 aliphatic carbocycles. The highest BCUT2D eigenvalue weighted by Crippen LogP contribution is 2.24. The number of furan rings is 1. The van der Waals surface area contributed by atoms with Crippen molar-refractivity contribution in [2.24, 2.45) is 5.92 Å². The van der Waals surface area contributed by atoms with E-state index < -0.39 is 10.0 Å². The largest absolute Gasteiger partial charge is 0.459 e. The molecular weight excluding hydrogens is 432 g/mol. The van der Waals surface area contributed by atoms with Crippen LogP contribution in [0.25, 0.3) is 0 Å². The third kappa shape index (κ3) is 4.87. The quantitative estimate of drug-likeness (QED) is 0.729. The molecule has 2 fully saturated rings. The van der Waals surface area contributed by atoms with Crippen LogP contribution < -0.4 is 5.32 Å². The molecule has 32 heavy (non-hydrogen) atoms. The predicted molar refractivity (Wildman–Crippen MR) is 119 cm³/mol. The zero-order valence-electron chi connectivity index (χ0n) is 18.1. The maximum atomic E-state index is 13.0. The predicted octanol–water partition coefficient (Wildman–Crippen LogP) is 1.71. The van der Waals surface area contributed by atoms with E-state index in [1.165, 1.54) is 16.6 Å². The molecule has 0 saturated carbocycles. The van der Waals surface area contributed by atoms with Crippen molar-refractivity contribution in [3.63, 3.8) is 0 Å². The summed E-state index contributed by atoms with van der Waals surface area (Å²) in [6.45, 7) is 3.22. The van der Waals surface area contributed by atoms with E-state index in [9.17, 15) is 18.0 Å². The number of hydrogen-bond donors (Lipinski definition) is 1. The number of benzene rings is 1. The van der Waals surface area contributed by atoms with E-state index >= 15 is 0 Å². The number of amides is 2. The van der Waals surface area contributed by atoms with Gasteiger partial charge in [-0.1, -0.05) is 6.07 Å². The molecule has 2 aromatic rings. The second-order valence-corrected chi connectivity index (χ2v) is 10.2. The van der Waals surface area contributed by atoms with Gasteiger partial charge in [-0.25, -0.2) is 8.42 Å². The van der Waals surface area contributed by atoms with Crippen LogP contribution in [0.3, 0.4) is 0 Å². The minimum absolute atomic E-state index is 0.163. The maximum absolute atomic E-state index is 13.0. The summed E-state index contributed by atoms with van der Waals surface area (Å²) in [5.74, 6) is -0.278. The average Bonchev–Trinajstić information content (AvgIpc) is 3.34. The van der Waals surface area contributed by atoms with Crippen molar-refractivity contribution in [2.45, 2.75) is 17.7 Å². The lowest BCUT2D eigenvalue weighted by molar-refractivity contribution is -0.121. The third-order valence-corrected chi connectivity index (χ3v) is 7.98. The lowest BCUT2D eigenvalue weighted by Crippen LogP contribution is -2.47. The molecule has 0 unspecified atom stereocenters. The summed E-state index contributed by atoms with van der Waals surface area (Å²) < 4.78 is 32.6. The number of carbonyl (C=O) groups excluding carboxylic acids is 2. The van der Waals surface area contributed by atoms with Crippen molar-refractivity contribution >= 4 is 27.5 Å². The highest BCUT2D eigenvalue weighted by atomic mass is 32.2. The van der Waals surface area contributed by atoms with Gasteiger partial charge in [0.2, 0.25) is 15.9 Å². The van der Waals surface area contributed by atoms with Gasteiger partial charge in [-0.3, -0.25) is 9.59 Å². The zero-order chi connectivity index (χ0) is 22.7. The number of hydrogen-bond acceptors (Lipinski definition) is 6. The fraction of sp³-hybridized carbons (Fsp3) is 0.455. The average molecular weight is 461 g/mol. The number of carbonyl (C=O) groups is 2. The highest BCUT2D eigenvalue weighted by Gasteiger charge is 2.30. The molecule has 4 rings (SSSR count). The van der Waals surface area contributed by atoms with Gasteiger partial charge >= 0.3 is 0 Å². The Kier molecular flexibility index (Phi) is 6.63. The normalized spacial score (nSPS) is 19.1. The first-order valence-corrected chi connectivity index (χ1v) is 12.2. The molecule has 0 radical (unpaired) electrons. The van der Waals surface area contributed by atoms with E-state index in [2.05, 4.69) is 10.2 Å². The number of nitrogens with zero attached hydrogens (tertiary/aromatic N) is 3. The number of piperidine rings is 1. The Morgan fingerprint density at radius 1 is 1.00 bits per heavy atom. The second kappa shape index (κ2) is 9.43. The Hall–Kier alpha value is -2.69. The molecule has 172 valence electrons. The molecule has 1 N–H and O–H groups in total. The molecule has 0 spiro atoms. The van der Waals surface area contributed by atoms with E-state index in [0.29, 0.717) is 63.6 Å². The van der Waals surface area contributed by atoms with Crippen LogP contribution in [-0.2, 0) is 14.8 Å². The molecule has 10 heteroatoms. The van der Waals surface area contributed by atoms with Crippen molar-refractivity contribution in [1.82, 2.24) is 14.1 Å². The Morgan fingerprint density at radius 3 is 2.38 bits per heavy atom. The summed E-state index contributed by atoms with van der Waals surface area (Å²) in [7, 11) is -1.63. The van der Waals surface area contributed by atoms with Crippen LogP contribution in [0.15, 0.2) is 52.0 Å². The Labute approximate surface area is 188 Å². The van der Waals surface area contributed by atoms with Crippen molar-refractivity contribution in [3.05, 3.63) is 48.4 Å². The first-order valence-electron chi connectivity index (χ1n) is 10.8. The summed E-state index contributed by atoms with van der Waals surface area (Å²) in [6.07, 6.45) is 2.54. The van der Waals surface area contributed by atoms with Crippen LogP contribution in [0, 0.1) is 5.92 Å². The van der Waals surface area contributed by atoms with Crippen LogP contribution in [0.1, 0.15) is 23.4 Å². The number of likely N-dealkylation sites (N-methyl/N-ethyl adjacent to an activating group) is 1. The number of nitrogens with one attached hydrogen (secondary N) is 1. The van der Waals surface area contributed by atoms with Crippen molar-refractivity contribution in [2.75, 3.05) is 51.6 Å². The van der Waals surface area contributed by atoms with Crippen molar-refractivity contribution < 1.29 is 22.4 Å². The molecule has 1 aromatic carbocycles. The molecule has 9 nitrogen and oxygen atoms in total. The highest BCUT2D eigenvalue weighted by molar-refractivity contribution is 7.89. The molecule has 0 bridgehead atoms. The van der Waals surface area contributed by atoms with E-state index in [-0.39, 0.29) is 22.6 Å². The Bertz CT molecular complexity index is 1050. The Balaban J connectivity index is 1.36. The molecule has 2 amide bonds. The minimum atomic E-state index is -3.60. The van der Waals surface area contributed by atoms with E-state index in [1.54, 1.807) is 35.2 Å². The lowest BCUT2D eigenvalue weighted by atomic mass is 9.95. The fourth-order valence-corrected chi connectivity index (χ4v) is 5.53. The van der Waals surface area contributed by atoms with Gasteiger partial charge in [0.25, 0.3) is 5.91 Å². The zero-order valence-corrected chi connectivity index (χ0v) is 18.9. The number of piperazine rings is 1. The van der Waals surface area contributed by atoms with Gasteiger partial charge in [-0.05, 0) is 50.2 Å². The molecular formula is C22H28N4O5S. The van der Waals surface area contributed by atoms with Gasteiger partial charge < -0.3 is 19.5 Å². The maximum Gasteiger partial charge on any atom is 0.289 e. The van der Waals surface area contributed by atoms with Gasteiger partial charge in [0.15, 0.2) is 5.76 Å². The van der Waals surface area contributed by atoms with Crippen LogP contribution in [0.5, 0.6) is 0 Å². The van der Waals surface area contributed by atoms with Crippen LogP contribution in [0.4, 0.5) is 5.69 Å². The number of sulfonamides is 1. The Morgan fingerprint density at radius 2 is 1.72 bits per heavy atom. The molecule has 3 heterocycles. The first kappa shape index (κ1) is 22.5. The van der Waals surface area contributed by atoms with Gasteiger partial charge in [-0.15, -0.1) is 0 Å². The van der Waals surface area contributed by atoms with Crippen LogP contribution >= 0.6 is 0 Å². The summed E-state index contributed by atoms with van der Waals surface area (Å²) in [6, 6.07) is 9.71. The summed E-state index contributed by atoms with van der Waals surface area (Å²) in [4.78, 5) is 29.1. The number of rotatable bonds is 5. The topological polar surface area (TPSA) is 103 Å². The molecule has 2 saturated heterocycles. The number of likely N-dealkylation sites (tertiary alicyclic amines) is 1. The van der Waals surface area contributed by atoms with Gasteiger partial charge in [0, 0.05) is 50.9 Å². The van der Waals surface area contributed by atoms with Crippen molar-refractivity contribution in [3.8, 4) is 0 Å². The van der Waals surface area contributed by atoms with Gasteiger partial charge in [0.05, 0.1) is 11.2 Å². The third-order valence-electron chi connectivity index (χ3n) is 6.09. The van der Waals surface area contributed by atoms with Crippen LogP contribution in [-0.4, -0.2) is 80.7 Å². The SMILES string of the molecule is CN1CCN(S(=O)(=O)c2cccc(NC(=O)C3CCN(C(=O)c4ccco4)CC3)c2)CC1. The second-order valence-electron chi connectivity index (χ2n) is 8.27. The molecule has 0 atom stereocenters. The van der Waals surface area contributed by atoms with Crippen molar-refractivity contribution in [1.29, 1.82) is 0 Å². The summed E-state index contributed by atoms with van der Waals surface area (Å²) in [5.41, 5.74) is 0.458. The number of anilines is 1. The smallest absolute Gasteiger partial charge is 0.289 e. The van der Waals surface area contributed by atoms with Gasteiger partial charge in [-0.2, -0.15) is 4.31 Å². The molecule has 2 aliphatic rings. The van der Waals surface area contributed by atoms with E-state index in [1.807, 2.05) is 7.05 Å². The minimum Gasteiger partial charge on any atom is -0.459 e. The van der Waals surface area contributed by atoms with E-state index in [0.717, 1.165) is 0 Å². The first-order chi connectivity index (χ1) is 15.3. The standard InChI is InChI=1S/C22H28N4O5S/c1-24-11-13-26(14-12-24)32(29,30)19-5-2-4-18(16-19)23-21(27)17-7-9-25(10-8-17)22(28)20-6-3-15-31-20/h2-6,15-17H,7-14H2,1H3,(H,23,27). The van der Waals surface area contributed by atoms with E-state index in [4.69, 9.17) is 4.42 Å². The molecule has 2 aliphatic heterocycles. The fourth-order valence-electron chi connectivity index (χ4n) is 4.06. The molecule has 1 aromatic heterocycles. The van der Waals surface area contributed by atoms with Gasteiger partial charge in [0.1, 0.15) is 0 Å².